The van der Waals surface area contributed by atoms with E-state index in [1.165, 1.54) is 6.26 Å². The minimum atomic E-state index is -3.17. The van der Waals surface area contributed by atoms with Gasteiger partial charge in [-0.05, 0) is 17.7 Å². The Balaban J connectivity index is 1.89. The molecule has 0 aliphatic rings. The monoisotopic (exact) mass is 326 g/mol. The molecule has 0 amide bonds. The zero-order valence-corrected chi connectivity index (χ0v) is 12.9. The van der Waals surface area contributed by atoms with Crippen LogP contribution in [-0.2, 0) is 22.9 Å². The number of carboxylic acids is 1. The smallest absolute Gasteiger partial charge is 0.365 e. The van der Waals surface area contributed by atoms with Gasteiger partial charge in [-0.2, -0.15) is 0 Å². The van der Waals surface area contributed by atoms with Crippen LogP contribution in [0, 0.1) is 0 Å². The van der Waals surface area contributed by atoms with Crippen LogP contribution < -0.4 is 5.32 Å². The molecule has 0 saturated heterocycles. The molecule has 2 rings (SSSR count). The van der Waals surface area contributed by atoms with Crippen LogP contribution in [0.15, 0.2) is 34.5 Å². The summed E-state index contributed by atoms with van der Waals surface area (Å²) in [7, 11) is -3.17. The maximum Gasteiger partial charge on any atom is 0.365 e. The SMILES string of the molecule is CS(=O)(=O)c1ccc(CNCc2csc(C(=O)O)n2)cc1. The molecule has 0 unspecified atom stereocenters. The van der Waals surface area contributed by atoms with E-state index < -0.39 is 15.8 Å². The Hall–Kier alpha value is -1.77. The Morgan fingerprint density at radius 2 is 1.95 bits per heavy atom. The second-order valence-electron chi connectivity index (χ2n) is 4.47. The van der Waals surface area contributed by atoms with Gasteiger partial charge in [-0.15, -0.1) is 11.3 Å². The topological polar surface area (TPSA) is 96.4 Å². The first-order valence-corrected chi connectivity index (χ1v) is 8.81. The fraction of sp³-hybridized carbons (Fsp3) is 0.231. The molecule has 0 radical (unpaired) electrons. The number of thiazole rings is 1. The Kier molecular flexibility index (Phi) is 4.71. The fourth-order valence-electron chi connectivity index (χ4n) is 1.68. The van der Waals surface area contributed by atoms with E-state index in [1.54, 1.807) is 29.6 Å². The van der Waals surface area contributed by atoms with E-state index >= 15 is 0 Å². The molecular weight excluding hydrogens is 312 g/mol. The number of rotatable bonds is 6. The number of nitrogens with zero attached hydrogens (tertiary/aromatic N) is 1. The van der Waals surface area contributed by atoms with Gasteiger partial charge in [-0.25, -0.2) is 18.2 Å². The lowest BCUT2D eigenvalue weighted by molar-refractivity contribution is 0.0696. The molecule has 0 aliphatic heterocycles. The Morgan fingerprint density at radius 1 is 1.29 bits per heavy atom. The number of carboxylic acid groups (broad SMARTS) is 1. The van der Waals surface area contributed by atoms with Gasteiger partial charge >= 0.3 is 5.97 Å². The van der Waals surface area contributed by atoms with Crippen molar-refractivity contribution in [3.63, 3.8) is 0 Å². The predicted molar refractivity (Wildman–Crippen MR) is 79.2 cm³/mol. The average Bonchev–Trinajstić information content (AvgIpc) is 2.87. The molecule has 0 aliphatic carbocycles. The van der Waals surface area contributed by atoms with Crippen LogP contribution in [0.5, 0.6) is 0 Å². The first kappa shape index (κ1) is 15.6. The number of aromatic nitrogens is 1. The van der Waals surface area contributed by atoms with Gasteiger partial charge in [0.1, 0.15) is 0 Å². The molecule has 0 spiro atoms. The summed E-state index contributed by atoms with van der Waals surface area (Å²) >= 11 is 1.09. The van der Waals surface area contributed by atoms with Crippen molar-refractivity contribution in [2.75, 3.05) is 6.26 Å². The number of hydrogen-bond acceptors (Lipinski definition) is 6. The van der Waals surface area contributed by atoms with E-state index in [2.05, 4.69) is 10.3 Å². The highest BCUT2D eigenvalue weighted by Crippen LogP contribution is 2.11. The maximum absolute atomic E-state index is 11.3. The number of benzene rings is 1. The molecule has 0 bridgehead atoms. The largest absolute Gasteiger partial charge is 0.476 e. The quantitative estimate of drug-likeness (QED) is 0.836. The van der Waals surface area contributed by atoms with Crippen molar-refractivity contribution < 1.29 is 18.3 Å². The van der Waals surface area contributed by atoms with Crippen LogP contribution in [0.1, 0.15) is 21.1 Å². The maximum atomic E-state index is 11.3. The third kappa shape index (κ3) is 4.35. The van der Waals surface area contributed by atoms with Crippen LogP contribution in [0.2, 0.25) is 0 Å². The highest BCUT2D eigenvalue weighted by Gasteiger charge is 2.09. The third-order valence-electron chi connectivity index (χ3n) is 2.72. The summed E-state index contributed by atoms with van der Waals surface area (Å²) in [6.07, 6.45) is 1.17. The van der Waals surface area contributed by atoms with E-state index in [1.807, 2.05) is 0 Å². The summed E-state index contributed by atoms with van der Waals surface area (Å²) < 4.78 is 22.7. The van der Waals surface area contributed by atoms with E-state index in [0.717, 1.165) is 16.9 Å². The van der Waals surface area contributed by atoms with E-state index in [-0.39, 0.29) is 9.90 Å². The summed E-state index contributed by atoms with van der Waals surface area (Å²) in [5.74, 6) is -1.03. The number of hydrogen-bond donors (Lipinski definition) is 2. The molecule has 8 heteroatoms. The van der Waals surface area contributed by atoms with Crippen molar-refractivity contribution >= 4 is 27.1 Å². The predicted octanol–water partition coefficient (Wildman–Crippen LogP) is 1.53. The lowest BCUT2D eigenvalue weighted by Gasteiger charge is -2.04. The molecular formula is C13H14N2O4S2. The summed E-state index contributed by atoms with van der Waals surface area (Å²) in [5, 5.41) is 13.7. The molecule has 2 N–H and O–H groups in total. The van der Waals surface area contributed by atoms with E-state index in [4.69, 9.17) is 5.11 Å². The van der Waals surface area contributed by atoms with Gasteiger partial charge in [0.05, 0.1) is 10.6 Å². The minimum absolute atomic E-state index is 0.0734. The van der Waals surface area contributed by atoms with Crippen LogP contribution in [-0.4, -0.2) is 30.7 Å². The summed E-state index contributed by atoms with van der Waals surface area (Å²) in [5.41, 5.74) is 1.61. The van der Waals surface area contributed by atoms with Gasteiger partial charge in [0, 0.05) is 24.7 Å². The highest BCUT2D eigenvalue weighted by molar-refractivity contribution is 7.90. The van der Waals surface area contributed by atoms with Crippen LogP contribution in [0.25, 0.3) is 0 Å². The zero-order valence-electron chi connectivity index (χ0n) is 11.2. The third-order valence-corrected chi connectivity index (χ3v) is 4.73. The molecule has 1 aromatic carbocycles. The van der Waals surface area contributed by atoms with E-state index in [9.17, 15) is 13.2 Å². The molecule has 2 aromatic rings. The first-order valence-electron chi connectivity index (χ1n) is 6.03. The van der Waals surface area contributed by atoms with Gasteiger partial charge in [0.15, 0.2) is 9.84 Å². The average molecular weight is 326 g/mol. The fourth-order valence-corrected chi connectivity index (χ4v) is 2.96. The second-order valence-corrected chi connectivity index (χ2v) is 7.34. The number of sulfone groups is 1. The Bertz CT molecular complexity index is 736. The molecule has 112 valence electrons. The van der Waals surface area contributed by atoms with Crippen molar-refractivity contribution in [1.29, 1.82) is 0 Å². The van der Waals surface area contributed by atoms with Gasteiger partial charge < -0.3 is 10.4 Å². The molecule has 0 fully saturated rings. The summed E-state index contributed by atoms with van der Waals surface area (Å²) in [6.45, 7) is 1.00. The standard InChI is InChI=1S/C13H14N2O4S2/c1-21(18,19)11-4-2-9(3-5-11)6-14-7-10-8-20-12(15-10)13(16)17/h2-5,8,14H,6-7H2,1H3,(H,16,17). The molecule has 1 aromatic heterocycles. The lowest BCUT2D eigenvalue weighted by Crippen LogP contribution is -2.13. The van der Waals surface area contributed by atoms with Crippen LogP contribution >= 0.6 is 11.3 Å². The van der Waals surface area contributed by atoms with Crippen molar-refractivity contribution in [3.05, 3.63) is 45.9 Å². The Morgan fingerprint density at radius 3 is 2.48 bits per heavy atom. The minimum Gasteiger partial charge on any atom is -0.476 e. The zero-order chi connectivity index (χ0) is 15.5. The van der Waals surface area contributed by atoms with Crippen molar-refractivity contribution in [2.45, 2.75) is 18.0 Å². The van der Waals surface area contributed by atoms with E-state index in [0.29, 0.717) is 18.8 Å². The number of carbonyl (C=O) groups is 1. The normalized spacial score (nSPS) is 11.5. The highest BCUT2D eigenvalue weighted by atomic mass is 32.2. The van der Waals surface area contributed by atoms with Gasteiger partial charge in [0.2, 0.25) is 5.01 Å². The molecule has 1 heterocycles. The van der Waals surface area contributed by atoms with Crippen molar-refractivity contribution in [1.82, 2.24) is 10.3 Å². The summed E-state index contributed by atoms with van der Waals surface area (Å²) in [6, 6.07) is 6.62. The van der Waals surface area contributed by atoms with Gasteiger partial charge in [-0.3, -0.25) is 0 Å². The van der Waals surface area contributed by atoms with Crippen LogP contribution in [0.4, 0.5) is 0 Å². The number of aromatic carboxylic acids is 1. The molecule has 0 saturated carbocycles. The van der Waals surface area contributed by atoms with Crippen molar-refractivity contribution in [3.8, 4) is 0 Å². The summed E-state index contributed by atoms with van der Waals surface area (Å²) in [4.78, 5) is 15.0. The molecule has 0 atom stereocenters. The first-order chi connectivity index (χ1) is 9.86. The lowest BCUT2D eigenvalue weighted by atomic mass is 10.2. The van der Waals surface area contributed by atoms with Crippen LogP contribution in [0.3, 0.4) is 0 Å². The Labute approximate surface area is 126 Å². The molecule has 6 nitrogen and oxygen atoms in total. The molecule has 21 heavy (non-hydrogen) atoms. The van der Waals surface area contributed by atoms with Gasteiger partial charge in [-0.1, -0.05) is 12.1 Å². The van der Waals surface area contributed by atoms with Gasteiger partial charge in [0.25, 0.3) is 0 Å². The van der Waals surface area contributed by atoms with Crippen molar-refractivity contribution in [2.24, 2.45) is 0 Å². The number of nitrogens with one attached hydrogen (secondary N) is 1. The second kappa shape index (κ2) is 6.33.